The number of rotatable bonds is 17. The lowest BCUT2D eigenvalue weighted by Gasteiger charge is -2.25. The van der Waals surface area contributed by atoms with Crippen LogP contribution >= 0.6 is 18.2 Å². The van der Waals surface area contributed by atoms with Crippen molar-refractivity contribution in [3.05, 3.63) is 49.3 Å². The van der Waals surface area contributed by atoms with Crippen LogP contribution in [0.4, 0.5) is 5.95 Å². The smallest absolute Gasteiger partial charge is 0.389 e. The van der Waals surface area contributed by atoms with Crippen LogP contribution in [0.2, 0.25) is 0 Å². The van der Waals surface area contributed by atoms with Gasteiger partial charge >= 0.3 is 18.5 Å². The molecule has 4 N–H and O–H groups in total. The summed E-state index contributed by atoms with van der Waals surface area (Å²) < 4.78 is 46.5. The van der Waals surface area contributed by atoms with Crippen LogP contribution in [0.15, 0.2) is 26.9 Å². The van der Waals surface area contributed by atoms with Gasteiger partial charge in [0.25, 0.3) is 11.1 Å². The second kappa shape index (κ2) is 18.0. The summed E-state index contributed by atoms with van der Waals surface area (Å²) in [5.41, 5.74) is -1.78. The lowest BCUT2D eigenvalue weighted by molar-refractivity contribution is -0.153. The van der Waals surface area contributed by atoms with Gasteiger partial charge < -0.3 is 24.1 Å². The molecule has 0 radical (unpaired) electrons. The van der Waals surface area contributed by atoms with Crippen molar-refractivity contribution < 1.29 is 47.3 Å². The molecular weight excluding hydrogens is 767 g/mol. The van der Waals surface area contributed by atoms with Crippen LogP contribution < -0.4 is 22.1 Å². The third kappa shape index (κ3) is 10.2. The molecule has 298 valence electrons. The van der Waals surface area contributed by atoms with Crippen LogP contribution in [0.3, 0.4) is 0 Å². The molecule has 0 saturated carbocycles. The van der Waals surface area contributed by atoms with Gasteiger partial charge in [0.05, 0.1) is 32.0 Å². The molecule has 7 atom stereocenters. The highest BCUT2D eigenvalue weighted by atomic mass is 32.7. The Morgan fingerprint density at radius 3 is 2.51 bits per heavy atom. The molecular formula is C32H41N8O13PS. The minimum atomic E-state index is -4.25. The number of aliphatic hydroxyl groups is 1. The summed E-state index contributed by atoms with van der Waals surface area (Å²) in [6, 6.07) is 1.95. The summed E-state index contributed by atoms with van der Waals surface area (Å²) in [5.74, 6) is -1.84. The molecule has 1 amide bonds. The number of imidazole rings is 1. The SMILES string of the molecule is CC(=O)CCC(=O)O[C@H]1C[C@H](n2cc(C)c(=O)[nH]c2=O)O[C@@H]1COP(=O)(O[C@H]1C[C@H](n2cnc3c(=O)[nH]c(NC(=O)C(C)C)nc32)O[C@@H]1CO)SCCC#N. The molecule has 5 rings (SSSR count). The van der Waals surface area contributed by atoms with E-state index in [9.17, 15) is 43.7 Å². The van der Waals surface area contributed by atoms with Crippen LogP contribution in [0.25, 0.3) is 11.2 Å². The van der Waals surface area contributed by atoms with Gasteiger partial charge in [0.1, 0.15) is 42.7 Å². The van der Waals surface area contributed by atoms with Gasteiger partial charge in [-0.05, 0) is 25.2 Å². The molecule has 0 bridgehead atoms. The van der Waals surface area contributed by atoms with E-state index >= 15 is 0 Å². The van der Waals surface area contributed by atoms with Crippen LogP contribution in [0.5, 0.6) is 0 Å². The standard InChI is InChI=1S/C32H41N8O13PS/c1-16(2)28(44)36-31-35-27-26(30(46)37-31)34-15-40(27)24-11-20(21(13-41)50-24)53-54(48,55-9-5-8-33)49-14-22-19(52-25(43)7-6-18(4)42)10-23(51-22)39-12-17(3)29(45)38-32(39)47/h12,15-16,19-24,41H,5-7,9-11,13-14H2,1-4H3,(H,38,45,47)(H2,35,36,37,44,46)/t19-,20-,21+,22+,23+,24+,54?/m0/s1. The Hall–Kier alpha value is -4.49. The number of aryl methyl sites for hydroxylation is 1. The number of fused-ring (bicyclic) bond motifs is 1. The van der Waals surface area contributed by atoms with Crippen molar-refractivity contribution in [2.75, 3.05) is 24.3 Å². The average molecular weight is 809 g/mol. The van der Waals surface area contributed by atoms with E-state index in [1.165, 1.54) is 30.9 Å². The summed E-state index contributed by atoms with van der Waals surface area (Å²) >= 11 is 0.712. The van der Waals surface area contributed by atoms with E-state index in [0.717, 1.165) is 4.57 Å². The quantitative estimate of drug-likeness (QED) is 0.0855. The largest absolute Gasteiger partial charge is 0.459 e. The van der Waals surface area contributed by atoms with Gasteiger partial charge in [-0.3, -0.25) is 52.6 Å². The number of nitrogens with one attached hydrogen (secondary N) is 3. The molecule has 3 aromatic heterocycles. The van der Waals surface area contributed by atoms with Gasteiger partial charge in [0.15, 0.2) is 11.2 Å². The van der Waals surface area contributed by atoms with Crippen LogP contribution in [-0.4, -0.2) is 95.2 Å². The number of ether oxygens (including phenoxy) is 3. The van der Waals surface area contributed by atoms with Crippen molar-refractivity contribution in [3.8, 4) is 6.07 Å². The number of Topliss-reactive ketones (excluding diaryl/α,β-unsaturated/α-hetero) is 1. The van der Waals surface area contributed by atoms with Crippen molar-refractivity contribution >= 4 is 53.0 Å². The predicted octanol–water partition coefficient (Wildman–Crippen LogP) is 1.58. The van der Waals surface area contributed by atoms with Crippen molar-refractivity contribution in [2.45, 2.75) is 96.7 Å². The normalized spacial score (nSPS) is 23.4. The highest BCUT2D eigenvalue weighted by molar-refractivity contribution is 8.55. The lowest BCUT2D eigenvalue weighted by atomic mass is 10.1. The molecule has 21 nitrogen and oxygen atoms in total. The zero-order valence-electron chi connectivity index (χ0n) is 30.3. The van der Waals surface area contributed by atoms with Gasteiger partial charge in [-0.1, -0.05) is 13.8 Å². The van der Waals surface area contributed by atoms with E-state index in [-0.39, 0.29) is 72.2 Å². The minimum absolute atomic E-state index is 0.0158. The fourth-order valence-electron chi connectivity index (χ4n) is 5.69. The molecule has 0 aromatic carbocycles. The fraction of sp³-hybridized carbons (Fsp3) is 0.594. The molecule has 1 unspecified atom stereocenters. The first-order valence-electron chi connectivity index (χ1n) is 17.3. The van der Waals surface area contributed by atoms with E-state index in [1.807, 2.05) is 6.07 Å². The molecule has 2 fully saturated rings. The van der Waals surface area contributed by atoms with E-state index in [2.05, 4.69) is 25.3 Å². The summed E-state index contributed by atoms with van der Waals surface area (Å²) in [6.07, 6.45) is -4.13. The number of ketones is 1. The Balaban J connectivity index is 1.36. The Morgan fingerprint density at radius 1 is 1.11 bits per heavy atom. The maximum absolute atomic E-state index is 14.4. The summed E-state index contributed by atoms with van der Waals surface area (Å²) in [5, 5.41) is 22.0. The first-order chi connectivity index (χ1) is 26.1. The Labute approximate surface area is 316 Å². The Bertz CT molecular complexity index is 2180. The number of hydrogen-bond acceptors (Lipinski definition) is 17. The number of nitriles is 1. The lowest BCUT2D eigenvalue weighted by Crippen LogP contribution is -2.33. The topological polar surface area (TPSA) is 289 Å². The van der Waals surface area contributed by atoms with E-state index in [4.69, 9.17) is 23.3 Å². The van der Waals surface area contributed by atoms with Gasteiger partial charge in [0.2, 0.25) is 11.9 Å². The number of hydrogen-bond donors (Lipinski definition) is 4. The van der Waals surface area contributed by atoms with Crippen molar-refractivity contribution in [1.82, 2.24) is 29.1 Å². The number of amides is 1. The molecule has 0 aliphatic carbocycles. The maximum Gasteiger partial charge on any atom is 0.389 e. The average Bonchev–Trinajstić information content (AvgIpc) is 3.85. The van der Waals surface area contributed by atoms with Crippen molar-refractivity contribution in [1.29, 1.82) is 5.26 Å². The number of H-pyrrole nitrogens is 2. The number of aromatic amines is 2. The Kier molecular flexibility index (Phi) is 13.6. The molecule has 55 heavy (non-hydrogen) atoms. The van der Waals surface area contributed by atoms with Gasteiger partial charge in [-0.2, -0.15) is 10.2 Å². The van der Waals surface area contributed by atoms with Gasteiger partial charge in [-0.15, -0.1) is 0 Å². The van der Waals surface area contributed by atoms with Gasteiger partial charge in [-0.25, -0.2) is 14.3 Å². The summed E-state index contributed by atoms with van der Waals surface area (Å²) in [7, 11) is 0. The van der Waals surface area contributed by atoms with Crippen molar-refractivity contribution in [3.63, 3.8) is 0 Å². The fourth-order valence-corrected chi connectivity index (χ4v) is 9.04. The van der Waals surface area contributed by atoms with Crippen LogP contribution in [0.1, 0.15) is 70.9 Å². The van der Waals surface area contributed by atoms with Crippen molar-refractivity contribution in [2.24, 2.45) is 5.92 Å². The summed E-state index contributed by atoms with van der Waals surface area (Å²) in [4.78, 5) is 86.9. The number of aliphatic hydroxyl groups excluding tert-OH is 1. The highest BCUT2D eigenvalue weighted by Gasteiger charge is 2.45. The van der Waals surface area contributed by atoms with Gasteiger partial charge in [0, 0.05) is 49.1 Å². The van der Waals surface area contributed by atoms with E-state index in [0.29, 0.717) is 11.4 Å². The van der Waals surface area contributed by atoms with Crippen LogP contribution in [0, 0.1) is 24.2 Å². The Morgan fingerprint density at radius 2 is 1.82 bits per heavy atom. The zero-order valence-corrected chi connectivity index (χ0v) is 32.0. The third-order valence-corrected chi connectivity index (χ3v) is 12.4. The molecule has 2 aliphatic rings. The number of esters is 1. The predicted molar refractivity (Wildman–Crippen MR) is 193 cm³/mol. The molecule has 2 aliphatic heterocycles. The minimum Gasteiger partial charge on any atom is -0.459 e. The molecule has 0 spiro atoms. The monoisotopic (exact) mass is 808 g/mol. The number of carbonyl (C=O) groups excluding carboxylic acids is 3. The number of carbonyl (C=O) groups is 3. The van der Waals surface area contributed by atoms with Crippen LogP contribution in [-0.2, 0) is 42.2 Å². The molecule has 5 heterocycles. The highest BCUT2D eigenvalue weighted by Crippen LogP contribution is 2.63. The molecule has 23 heteroatoms. The summed E-state index contributed by atoms with van der Waals surface area (Å²) in [6.45, 7) is 0.817. The van der Waals surface area contributed by atoms with E-state index in [1.54, 1.807) is 13.8 Å². The first-order valence-corrected chi connectivity index (χ1v) is 20.4. The second-order valence-electron chi connectivity index (χ2n) is 13.1. The number of aromatic nitrogens is 6. The first kappa shape index (κ1) is 41.7. The molecule has 3 aromatic rings. The second-order valence-corrected chi connectivity index (χ2v) is 17.3. The van der Waals surface area contributed by atoms with E-state index < -0.39 is 85.6 Å². The molecule has 2 saturated heterocycles. The maximum atomic E-state index is 14.4. The zero-order chi connectivity index (χ0) is 40.0. The number of nitrogens with zero attached hydrogens (tertiary/aromatic N) is 5. The number of anilines is 1. The third-order valence-electron chi connectivity index (χ3n) is 8.59.